The molecule has 0 aromatic heterocycles. The summed E-state index contributed by atoms with van der Waals surface area (Å²) in [5.41, 5.74) is -0.750. The number of allylic oxidation sites excluding steroid dienone is 4. The van der Waals surface area contributed by atoms with Crippen LogP contribution in [0, 0.1) is 6.08 Å². The third-order valence-corrected chi connectivity index (χ3v) is 0.586. The summed E-state index contributed by atoms with van der Waals surface area (Å²) in [7, 11) is 0. The van der Waals surface area contributed by atoms with Gasteiger partial charge in [0.25, 0.3) is 0 Å². The summed E-state index contributed by atoms with van der Waals surface area (Å²) in [5.74, 6) is 0. The van der Waals surface area contributed by atoms with Crippen molar-refractivity contribution in [2.24, 2.45) is 0 Å². The van der Waals surface area contributed by atoms with Gasteiger partial charge in [0, 0.05) is 0 Å². The average Bonchev–Trinajstić information content (AvgIpc) is 2.07. The van der Waals surface area contributed by atoms with E-state index < -0.39 is 5.60 Å². The van der Waals surface area contributed by atoms with Crippen LogP contribution >= 0.6 is 0 Å². The van der Waals surface area contributed by atoms with Gasteiger partial charge < -0.3 is 17.5 Å². The molecule has 0 spiro atoms. The van der Waals surface area contributed by atoms with Gasteiger partial charge in [-0.1, -0.05) is 20.8 Å². The summed E-state index contributed by atoms with van der Waals surface area (Å²) in [4.78, 5) is 0. The van der Waals surface area contributed by atoms with Crippen molar-refractivity contribution in [3.63, 3.8) is 0 Å². The topological polar surface area (TPSA) is 23.1 Å². The zero-order valence-corrected chi connectivity index (χ0v) is 9.83. The van der Waals surface area contributed by atoms with E-state index in [-0.39, 0.29) is 31.0 Å². The van der Waals surface area contributed by atoms with Crippen LogP contribution in [0.25, 0.3) is 0 Å². The molecule has 0 fully saturated rings. The van der Waals surface area contributed by atoms with Crippen LogP contribution in [0.4, 0.5) is 0 Å². The van der Waals surface area contributed by atoms with Crippen LogP contribution in [0.15, 0.2) is 18.2 Å². The Balaban J connectivity index is -0.000000116. The Morgan fingerprint density at radius 1 is 1.33 bits per heavy atom. The van der Waals surface area contributed by atoms with Gasteiger partial charge in [-0.15, -0.1) is 12.0 Å². The van der Waals surface area contributed by atoms with E-state index in [9.17, 15) is 5.11 Å². The molecule has 0 heterocycles. The summed E-state index contributed by atoms with van der Waals surface area (Å²) in [5, 5.41) is 10.1. The Kier molecular flexibility index (Phi) is 14.2. The van der Waals surface area contributed by atoms with E-state index >= 15 is 0 Å². The Morgan fingerprint density at radius 3 is 1.83 bits per heavy atom. The van der Waals surface area contributed by atoms with Gasteiger partial charge in [-0.05, 0) is 0 Å². The maximum absolute atomic E-state index is 10.1. The minimum Gasteiger partial charge on any atom is -1.00 e. The SMILES string of the molecule is CC(C)(C)[O-].[C-]1=CC=CC1.[Cl-].[V+2]. The van der Waals surface area contributed by atoms with Crippen LogP contribution in [-0.4, -0.2) is 5.60 Å². The van der Waals surface area contributed by atoms with E-state index in [0.717, 1.165) is 6.42 Å². The molecular weight excluding hydrogens is 210 g/mol. The molecule has 0 unspecified atom stereocenters. The van der Waals surface area contributed by atoms with Gasteiger partial charge in [0.15, 0.2) is 0 Å². The maximum atomic E-state index is 10.1. The van der Waals surface area contributed by atoms with Crippen LogP contribution in [0.5, 0.6) is 0 Å². The van der Waals surface area contributed by atoms with Gasteiger partial charge >= 0.3 is 18.6 Å². The molecule has 69 valence electrons. The van der Waals surface area contributed by atoms with Gasteiger partial charge in [-0.3, -0.25) is 6.08 Å². The monoisotopic (exact) mass is 224 g/mol. The van der Waals surface area contributed by atoms with E-state index in [1.54, 1.807) is 20.8 Å². The van der Waals surface area contributed by atoms with Crippen molar-refractivity contribution < 1.29 is 36.1 Å². The van der Waals surface area contributed by atoms with Crippen LogP contribution in [0.3, 0.4) is 0 Å². The van der Waals surface area contributed by atoms with Gasteiger partial charge in [0.1, 0.15) is 0 Å². The summed E-state index contributed by atoms with van der Waals surface area (Å²) in [6, 6.07) is 0. The van der Waals surface area contributed by atoms with E-state index in [1.165, 1.54) is 0 Å². The third kappa shape index (κ3) is 31.7. The van der Waals surface area contributed by atoms with Gasteiger partial charge in [-0.2, -0.15) is 6.08 Å². The van der Waals surface area contributed by atoms with E-state index in [1.807, 2.05) is 12.2 Å². The molecule has 12 heavy (non-hydrogen) atoms. The Labute approximate surface area is 93.2 Å². The van der Waals surface area contributed by atoms with Crippen LogP contribution in [0.2, 0.25) is 0 Å². The van der Waals surface area contributed by atoms with Crippen LogP contribution < -0.4 is 17.5 Å². The first-order chi connectivity index (χ1) is 4.50. The van der Waals surface area contributed by atoms with Crippen molar-refractivity contribution in [2.45, 2.75) is 32.8 Å². The first-order valence-corrected chi connectivity index (χ1v) is 3.42. The molecule has 0 amide bonds. The standard InChI is InChI=1S/C5H5.C4H9O.ClH.V/c1-2-4-5-3-1;1-4(2,3)5;;/h1-3H,4H2;1-3H3;1H;/q2*-1;;+2/p-1. The quantitative estimate of drug-likeness (QED) is 0.457. The second-order valence-corrected chi connectivity index (χ2v) is 3.12. The van der Waals surface area contributed by atoms with Crippen molar-refractivity contribution in [1.29, 1.82) is 0 Å². The molecule has 1 radical (unpaired) electrons. The molecule has 0 aromatic rings. The second-order valence-electron chi connectivity index (χ2n) is 3.12. The second kappa shape index (κ2) is 9.40. The predicted molar refractivity (Wildman–Crippen MR) is 41.3 cm³/mol. The summed E-state index contributed by atoms with van der Waals surface area (Å²) < 4.78 is 0. The maximum Gasteiger partial charge on any atom is 2.00 e. The third-order valence-electron chi connectivity index (χ3n) is 0.586. The summed E-state index contributed by atoms with van der Waals surface area (Å²) in [6.45, 7) is 4.90. The minimum atomic E-state index is -0.750. The predicted octanol–water partition coefficient (Wildman–Crippen LogP) is -1.55. The number of hydrogen-bond acceptors (Lipinski definition) is 1. The normalized spacial score (nSPS) is 12.3. The van der Waals surface area contributed by atoms with Crippen molar-refractivity contribution in [3.8, 4) is 0 Å². The average molecular weight is 225 g/mol. The van der Waals surface area contributed by atoms with Gasteiger partial charge in [-0.25, -0.2) is 12.2 Å². The van der Waals surface area contributed by atoms with Crippen molar-refractivity contribution in [2.75, 3.05) is 0 Å². The van der Waals surface area contributed by atoms with Gasteiger partial charge in [0.2, 0.25) is 0 Å². The molecule has 0 aliphatic heterocycles. The fraction of sp³-hybridized carbons (Fsp3) is 0.556. The fourth-order valence-corrected chi connectivity index (χ4v) is 0.340. The molecule has 1 nitrogen and oxygen atoms in total. The Morgan fingerprint density at radius 2 is 1.75 bits per heavy atom. The van der Waals surface area contributed by atoms with E-state index in [0.29, 0.717) is 0 Å². The minimum absolute atomic E-state index is 0. The van der Waals surface area contributed by atoms with E-state index in [2.05, 4.69) is 12.2 Å². The first-order valence-electron chi connectivity index (χ1n) is 3.42. The molecule has 1 rings (SSSR count). The van der Waals surface area contributed by atoms with Gasteiger partial charge in [0.05, 0.1) is 0 Å². The van der Waals surface area contributed by atoms with Crippen molar-refractivity contribution in [1.82, 2.24) is 0 Å². The molecule has 0 saturated carbocycles. The van der Waals surface area contributed by atoms with Crippen molar-refractivity contribution >= 4 is 0 Å². The molecule has 0 atom stereocenters. The number of halogens is 1. The molecule has 0 bridgehead atoms. The Bertz CT molecular complexity index is 120. The number of hydrogen-bond donors (Lipinski definition) is 0. The van der Waals surface area contributed by atoms with E-state index in [4.69, 9.17) is 0 Å². The van der Waals surface area contributed by atoms with Crippen LogP contribution in [-0.2, 0) is 18.6 Å². The molecule has 3 heteroatoms. The first kappa shape index (κ1) is 18.2. The van der Waals surface area contributed by atoms with Crippen molar-refractivity contribution in [3.05, 3.63) is 24.3 Å². The molecule has 1 aliphatic carbocycles. The number of rotatable bonds is 0. The van der Waals surface area contributed by atoms with Crippen LogP contribution in [0.1, 0.15) is 27.2 Å². The zero-order valence-electron chi connectivity index (χ0n) is 7.67. The molecule has 0 N–H and O–H groups in total. The molecule has 0 saturated heterocycles. The molecular formula is C9H14ClOV-. The Hall–Kier alpha value is 0.314. The molecule has 1 aliphatic rings. The fourth-order valence-electron chi connectivity index (χ4n) is 0.340. The zero-order chi connectivity index (χ0) is 8.04. The largest absolute Gasteiger partial charge is 2.00 e. The molecule has 0 aromatic carbocycles. The summed E-state index contributed by atoms with van der Waals surface area (Å²) in [6.07, 6.45) is 10.0. The smallest absolute Gasteiger partial charge is 1.00 e. The summed E-state index contributed by atoms with van der Waals surface area (Å²) >= 11 is 0.